The number of nitro benzene ring substituents is 1. The van der Waals surface area contributed by atoms with E-state index in [1.807, 2.05) is 13.8 Å². The highest BCUT2D eigenvalue weighted by molar-refractivity contribution is 7.16. The predicted molar refractivity (Wildman–Crippen MR) is 95.8 cm³/mol. The molecule has 0 fully saturated rings. The molecule has 0 aliphatic carbocycles. The fraction of sp³-hybridized carbons (Fsp3) is 0.250. The van der Waals surface area contributed by atoms with Gasteiger partial charge >= 0.3 is 5.97 Å². The highest BCUT2D eigenvalue weighted by Gasteiger charge is 2.26. The molecule has 0 spiro atoms. The van der Waals surface area contributed by atoms with Crippen molar-refractivity contribution in [3.05, 3.63) is 54.9 Å². The number of carbonyl (C=O) groups is 2. The van der Waals surface area contributed by atoms with Crippen molar-refractivity contribution in [2.45, 2.75) is 20.3 Å². The Labute approximate surface area is 152 Å². The van der Waals surface area contributed by atoms with Crippen molar-refractivity contribution in [2.24, 2.45) is 0 Å². The molecule has 132 valence electrons. The van der Waals surface area contributed by atoms with Gasteiger partial charge in [-0.1, -0.05) is 18.5 Å². The van der Waals surface area contributed by atoms with Crippen LogP contribution in [0.4, 0.5) is 10.7 Å². The number of benzene rings is 1. The van der Waals surface area contributed by atoms with Crippen LogP contribution in [-0.2, 0) is 11.2 Å². The summed E-state index contributed by atoms with van der Waals surface area (Å²) >= 11 is 6.98. The molecule has 1 heterocycles. The quantitative estimate of drug-likeness (QED) is 0.474. The van der Waals surface area contributed by atoms with Gasteiger partial charge in [0, 0.05) is 16.0 Å². The summed E-state index contributed by atoms with van der Waals surface area (Å²) in [6.07, 6.45) is 0.587. The number of rotatable bonds is 5. The number of hydrogen-bond donors (Lipinski definition) is 1. The Kier molecular flexibility index (Phi) is 5.76. The van der Waals surface area contributed by atoms with Crippen LogP contribution >= 0.6 is 22.9 Å². The lowest BCUT2D eigenvalue weighted by Crippen LogP contribution is -2.16. The fourth-order valence-electron chi connectivity index (χ4n) is 2.43. The lowest BCUT2D eigenvalue weighted by Gasteiger charge is -2.07. The molecule has 1 N–H and O–H groups in total. The minimum Gasteiger partial charge on any atom is -0.465 e. The Bertz CT molecular complexity index is 862. The van der Waals surface area contributed by atoms with Gasteiger partial charge in [0.25, 0.3) is 11.6 Å². The Morgan fingerprint density at radius 3 is 2.64 bits per heavy atom. The summed E-state index contributed by atoms with van der Waals surface area (Å²) < 4.78 is 4.79. The third-order valence-electron chi connectivity index (χ3n) is 3.58. The minimum atomic E-state index is -0.697. The minimum absolute atomic E-state index is 0.144. The van der Waals surface area contributed by atoms with Crippen molar-refractivity contribution in [1.82, 2.24) is 0 Å². The van der Waals surface area contributed by atoms with Crippen molar-refractivity contribution in [2.75, 3.05) is 12.4 Å². The van der Waals surface area contributed by atoms with E-state index in [0.29, 0.717) is 11.4 Å². The first-order valence-electron chi connectivity index (χ1n) is 7.26. The summed E-state index contributed by atoms with van der Waals surface area (Å²) in [4.78, 5) is 35.9. The smallest absolute Gasteiger partial charge is 0.341 e. The molecule has 0 saturated carbocycles. The van der Waals surface area contributed by atoms with Gasteiger partial charge in [-0.05, 0) is 31.0 Å². The fourth-order valence-corrected chi connectivity index (χ4v) is 3.72. The maximum atomic E-state index is 12.5. The predicted octanol–water partition coefficient (Wildman–Crippen LogP) is 4.22. The molecule has 0 atom stereocenters. The Hall–Kier alpha value is -2.45. The van der Waals surface area contributed by atoms with E-state index in [0.717, 1.165) is 16.5 Å². The second-order valence-electron chi connectivity index (χ2n) is 5.06. The number of esters is 1. The molecular formula is C16H15ClN2O5S. The molecule has 25 heavy (non-hydrogen) atoms. The molecule has 1 aromatic carbocycles. The van der Waals surface area contributed by atoms with E-state index in [1.165, 1.54) is 30.6 Å². The highest BCUT2D eigenvalue weighted by Crippen LogP contribution is 2.35. The summed E-state index contributed by atoms with van der Waals surface area (Å²) in [5, 5.41) is 14.2. The maximum absolute atomic E-state index is 12.5. The molecule has 0 unspecified atom stereocenters. The molecule has 0 saturated heterocycles. The van der Waals surface area contributed by atoms with E-state index in [4.69, 9.17) is 16.3 Å². The van der Waals surface area contributed by atoms with Gasteiger partial charge in [-0.15, -0.1) is 11.3 Å². The number of amides is 1. The standard InChI is InChI=1S/C16H15ClN2O5S/c1-4-10-8(2)25-15(13(10)16(21)24-3)18-14(20)11-6-5-9(17)7-12(11)19(22)23/h5-7H,4H2,1-3H3,(H,18,20). The molecule has 0 radical (unpaired) electrons. The molecule has 1 aromatic heterocycles. The molecule has 9 heteroatoms. The van der Waals surface area contributed by atoms with E-state index < -0.39 is 22.5 Å². The number of nitrogens with zero attached hydrogens (tertiary/aromatic N) is 1. The van der Waals surface area contributed by atoms with Crippen molar-refractivity contribution in [3.8, 4) is 0 Å². The molecule has 0 aliphatic rings. The Morgan fingerprint density at radius 1 is 1.40 bits per heavy atom. The van der Waals surface area contributed by atoms with Gasteiger partial charge in [0.2, 0.25) is 0 Å². The highest BCUT2D eigenvalue weighted by atomic mass is 35.5. The number of thiophene rings is 1. The van der Waals surface area contributed by atoms with Crippen LogP contribution in [0, 0.1) is 17.0 Å². The van der Waals surface area contributed by atoms with Crippen LogP contribution in [0.3, 0.4) is 0 Å². The molecule has 2 rings (SSSR count). The first-order chi connectivity index (χ1) is 11.8. The second kappa shape index (κ2) is 7.62. The lowest BCUT2D eigenvalue weighted by atomic mass is 10.1. The van der Waals surface area contributed by atoms with Gasteiger partial charge in [-0.25, -0.2) is 4.79 Å². The SMILES string of the molecule is CCc1c(C)sc(NC(=O)c2ccc(Cl)cc2[N+](=O)[O-])c1C(=O)OC. The zero-order valence-corrected chi connectivity index (χ0v) is 15.3. The van der Waals surface area contributed by atoms with Crippen LogP contribution in [0.2, 0.25) is 5.02 Å². The van der Waals surface area contributed by atoms with Crippen LogP contribution in [-0.4, -0.2) is 23.9 Å². The number of carbonyl (C=O) groups excluding carboxylic acids is 2. The van der Waals surface area contributed by atoms with Crippen molar-refractivity contribution in [3.63, 3.8) is 0 Å². The Morgan fingerprint density at radius 2 is 2.08 bits per heavy atom. The normalized spacial score (nSPS) is 10.4. The summed E-state index contributed by atoms with van der Waals surface area (Å²) in [5.74, 6) is -1.26. The van der Waals surface area contributed by atoms with Crippen molar-refractivity contribution in [1.29, 1.82) is 0 Å². The third kappa shape index (κ3) is 3.80. The summed E-state index contributed by atoms with van der Waals surface area (Å²) in [6, 6.07) is 3.77. The summed E-state index contributed by atoms with van der Waals surface area (Å²) in [5.41, 5.74) is 0.498. The van der Waals surface area contributed by atoms with Crippen LogP contribution in [0.25, 0.3) is 0 Å². The van der Waals surface area contributed by atoms with Crippen LogP contribution in [0.5, 0.6) is 0 Å². The second-order valence-corrected chi connectivity index (χ2v) is 6.72. The van der Waals surface area contributed by atoms with Gasteiger partial charge in [0.15, 0.2) is 0 Å². The van der Waals surface area contributed by atoms with Gasteiger partial charge in [-0.3, -0.25) is 14.9 Å². The summed E-state index contributed by atoms with van der Waals surface area (Å²) in [7, 11) is 1.25. The number of nitrogens with one attached hydrogen (secondary N) is 1. The molecule has 0 bridgehead atoms. The monoisotopic (exact) mass is 382 g/mol. The topological polar surface area (TPSA) is 98.5 Å². The number of methoxy groups -OCH3 is 1. The number of halogens is 1. The van der Waals surface area contributed by atoms with Crippen LogP contribution in [0.15, 0.2) is 18.2 Å². The zero-order chi connectivity index (χ0) is 18.7. The lowest BCUT2D eigenvalue weighted by molar-refractivity contribution is -0.385. The van der Waals surface area contributed by atoms with Gasteiger partial charge in [0.05, 0.1) is 17.6 Å². The van der Waals surface area contributed by atoms with E-state index >= 15 is 0 Å². The van der Waals surface area contributed by atoms with Gasteiger partial charge < -0.3 is 10.1 Å². The number of hydrogen-bond acceptors (Lipinski definition) is 6. The van der Waals surface area contributed by atoms with E-state index in [1.54, 1.807) is 0 Å². The van der Waals surface area contributed by atoms with Crippen LogP contribution < -0.4 is 5.32 Å². The van der Waals surface area contributed by atoms with E-state index in [9.17, 15) is 19.7 Å². The molecule has 7 nitrogen and oxygen atoms in total. The Balaban J connectivity index is 2.46. The van der Waals surface area contributed by atoms with E-state index in [-0.39, 0.29) is 16.1 Å². The van der Waals surface area contributed by atoms with Crippen molar-refractivity contribution >= 4 is 45.5 Å². The average molecular weight is 383 g/mol. The average Bonchev–Trinajstić information content (AvgIpc) is 2.88. The first-order valence-corrected chi connectivity index (χ1v) is 8.45. The first kappa shape index (κ1) is 18.9. The molecule has 1 amide bonds. The number of nitro groups is 1. The van der Waals surface area contributed by atoms with Gasteiger partial charge in [0.1, 0.15) is 10.6 Å². The molecular weight excluding hydrogens is 368 g/mol. The zero-order valence-electron chi connectivity index (χ0n) is 13.7. The third-order valence-corrected chi connectivity index (χ3v) is 4.88. The van der Waals surface area contributed by atoms with E-state index in [2.05, 4.69) is 5.32 Å². The van der Waals surface area contributed by atoms with Gasteiger partial charge in [-0.2, -0.15) is 0 Å². The largest absolute Gasteiger partial charge is 0.465 e. The molecule has 0 aliphatic heterocycles. The number of ether oxygens (including phenoxy) is 1. The number of anilines is 1. The van der Waals surface area contributed by atoms with Crippen molar-refractivity contribution < 1.29 is 19.2 Å². The number of aryl methyl sites for hydroxylation is 1. The maximum Gasteiger partial charge on any atom is 0.341 e. The molecule has 2 aromatic rings. The van der Waals surface area contributed by atoms with Crippen LogP contribution in [0.1, 0.15) is 38.1 Å². The summed E-state index contributed by atoms with van der Waals surface area (Å²) in [6.45, 7) is 3.72.